The molecule has 0 amide bonds. The van der Waals surface area contributed by atoms with Crippen LogP contribution in [0.15, 0.2) is 0 Å². The molecule has 0 aromatic heterocycles. The van der Waals surface area contributed by atoms with Crippen LogP contribution in [0.1, 0.15) is 53.9 Å². The Morgan fingerprint density at radius 1 is 0.952 bits per heavy atom. The normalized spacial score (nSPS) is 13.5. The number of rotatable bonds is 9. The van der Waals surface area contributed by atoms with Gasteiger partial charge in [-0.3, -0.25) is 14.4 Å². The molecule has 21 heavy (non-hydrogen) atoms. The lowest BCUT2D eigenvalue weighted by atomic mass is 9.88. The van der Waals surface area contributed by atoms with Crippen molar-refractivity contribution in [2.45, 2.75) is 60.0 Å². The van der Waals surface area contributed by atoms with Crippen molar-refractivity contribution in [3.63, 3.8) is 0 Å². The van der Waals surface area contributed by atoms with Crippen molar-refractivity contribution < 1.29 is 24.2 Å². The zero-order valence-electron chi connectivity index (χ0n) is 13.5. The van der Waals surface area contributed by atoms with E-state index in [1.807, 2.05) is 0 Å². The smallest absolute Gasteiger partial charge is 0.307 e. The molecule has 0 radical (unpaired) electrons. The number of Topliss-reactive ketones (excluding diaryl/α,β-unsaturated/α-hetero) is 1. The van der Waals surface area contributed by atoms with Crippen LogP contribution in [0.2, 0.25) is 0 Å². The van der Waals surface area contributed by atoms with Crippen LogP contribution in [-0.2, 0) is 19.1 Å². The molecule has 0 rings (SSSR count). The van der Waals surface area contributed by atoms with Crippen molar-refractivity contribution in [3.8, 4) is 0 Å². The van der Waals surface area contributed by atoms with Crippen LogP contribution >= 0.6 is 13.5 Å². The Morgan fingerprint density at radius 3 is 1.86 bits per heavy atom. The van der Waals surface area contributed by atoms with E-state index in [0.29, 0.717) is 0 Å². The van der Waals surface area contributed by atoms with Crippen LogP contribution in [0.5, 0.6) is 0 Å². The van der Waals surface area contributed by atoms with E-state index < -0.39 is 11.9 Å². The van der Waals surface area contributed by atoms with Gasteiger partial charge in [0.05, 0.1) is 12.0 Å². The van der Waals surface area contributed by atoms with Crippen LogP contribution < -0.4 is 0 Å². The minimum atomic E-state index is -0.944. The highest BCUT2D eigenvalue weighted by atomic mass is 32.1. The third kappa shape index (κ3) is 10.3. The molecule has 6 heteroatoms. The van der Waals surface area contributed by atoms with Crippen molar-refractivity contribution in [3.05, 3.63) is 0 Å². The van der Waals surface area contributed by atoms with Crippen molar-refractivity contribution in [2.75, 3.05) is 0 Å². The summed E-state index contributed by atoms with van der Waals surface area (Å²) in [6.07, 6.45) is 0.256. The Balaban J connectivity index is 0. The van der Waals surface area contributed by atoms with Gasteiger partial charge in [-0.05, 0) is 25.7 Å². The van der Waals surface area contributed by atoms with Gasteiger partial charge in [0.2, 0.25) is 0 Å². The second kappa shape index (κ2) is 10.7. The number of ketones is 1. The summed E-state index contributed by atoms with van der Waals surface area (Å²) in [7, 11) is 0. The van der Waals surface area contributed by atoms with Gasteiger partial charge in [0.25, 0.3) is 0 Å². The summed E-state index contributed by atoms with van der Waals surface area (Å²) >= 11 is 0. The minimum Gasteiger partial charge on any atom is -0.481 e. The maximum atomic E-state index is 11.9. The molecule has 5 nitrogen and oxygen atoms in total. The van der Waals surface area contributed by atoms with Gasteiger partial charge in [-0.2, -0.15) is 13.5 Å². The number of carbonyl (C=O) groups is 3. The maximum Gasteiger partial charge on any atom is 0.307 e. The van der Waals surface area contributed by atoms with Crippen LogP contribution in [-0.4, -0.2) is 28.9 Å². The first kappa shape index (κ1) is 22.2. The van der Waals surface area contributed by atoms with E-state index in [1.165, 1.54) is 0 Å². The van der Waals surface area contributed by atoms with Gasteiger partial charge in [0.15, 0.2) is 0 Å². The van der Waals surface area contributed by atoms with Crippen LogP contribution in [0.3, 0.4) is 0 Å². The van der Waals surface area contributed by atoms with E-state index in [9.17, 15) is 14.4 Å². The first-order chi connectivity index (χ1) is 9.13. The number of carboxylic acid groups (broad SMARTS) is 1. The first-order valence-corrected chi connectivity index (χ1v) is 7.07. The van der Waals surface area contributed by atoms with E-state index in [4.69, 9.17) is 9.84 Å². The van der Waals surface area contributed by atoms with Gasteiger partial charge in [-0.25, -0.2) is 0 Å². The number of hydrogen-bond acceptors (Lipinski definition) is 4. The molecule has 0 saturated heterocycles. The molecular weight excluding hydrogens is 292 g/mol. The van der Waals surface area contributed by atoms with E-state index in [1.54, 1.807) is 34.6 Å². The standard InChI is InChI=1S/C15H26O5.H2S/c1-9(2)13(15(18)19)8-12(16)6-11(5)7-14(17)20-10(3)4;/h9-11,13H,6-8H2,1-5H3,(H,18,19);1H2. The number of ether oxygens (including phenoxy) is 1. The molecule has 0 fully saturated rings. The molecular formula is C15H28O5S. The Labute approximate surface area is 133 Å². The Hall–Kier alpha value is -1.04. The molecule has 0 aliphatic carbocycles. The number of aliphatic carboxylic acids is 1. The maximum absolute atomic E-state index is 11.9. The average molecular weight is 320 g/mol. The monoisotopic (exact) mass is 320 g/mol. The number of carboxylic acids is 1. The van der Waals surface area contributed by atoms with E-state index >= 15 is 0 Å². The highest BCUT2D eigenvalue weighted by Gasteiger charge is 2.25. The Kier molecular flexibility index (Phi) is 11.3. The SMILES string of the molecule is CC(CC(=O)CC(C(=O)O)C(C)C)CC(=O)OC(C)C.S. The summed E-state index contributed by atoms with van der Waals surface area (Å²) < 4.78 is 5.02. The summed E-state index contributed by atoms with van der Waals surface area (Å²) in [6.45, 7) is 8.91. The quantitative estimate of drug-likeness (QED) is 0.661. The molecule has 0 aromatic rings. The second-order valence-electron chi connectivity index (χ2n) is 5.98. The average Bonchev–Trinajstić information content (AvgIpc) is 2.22. The van der Waals surface area contributed by atoms with Crippen molar-refractivity contribution >= 4 is 31.2 Å². The first-order valence-electron chi connectivity index (χ1n) is 7.07. The van der Waals surface area contributed by atoms with E-state index in [2.05, 4.69) is 0 Å². The molecule has 0 saturated carbocycles. The molecule has 0 spiro atoms. The molecule has 0 aromatic carbocycles. The molecule has 0 aliphatic rings. The van der Waals surface area contributed by atoms with Gasteiger partial charge in [-0.15, -0.1) is 0 Å². The highest BCUT2D eigenvalue weighted by molar-refractivity contribution is 7.59. The molecule has 124 valence electrons. The van der Waals surface area contributed by atoms with Gasteiger partial charge in [-0.1, -0.05) is 20.8 Å². The zero-order chi connectivity index (χ0) is 15.9. The van der Waals surface area contributed by atoms with Crippen molar-refractivity contribution in [2.24, 2.45) is 17.8 Å². The van der Waals surface area contributed by atoms with E-state index in [0.717, 1.165) is 0 Å². The Morgan fingerprint density at radius 2 is 1.48 bits per heavy atom. The predicted molar refractivity (Wildman–Crippen MR) is 85.6 cm³/mol. The summed E-state index contributed by atoms with van der Waals surface area (Å²) in [4.78, 5) is 34.4. The van der Waals surface area contributed by atoms with E-state index in [-0.39, 0.29) is 62.5 Å². The molecule has 0 aliphatic heterocycles. The molecule has 0 bridgehead atoms. The number of carbonyl (C=O) groups excluding carboxylic acids is 2. The third-order valence-electron chi connectivity index (χ3n) is 3.03. The summed E-state index contributed by atoms with van der Waals surface area (Å²) in [6, 6.07) is 0. The Bertz CT molecular complexity index is 352. The molecule has 2 unspecified atom stereocenters. The van der Waals surface area contributed by atoms with Gasteiger partial charge >= 0.3 is 11.9 Å². The van der Waals surface area contributed by atoms with Gasteiger partial charge < -0.3 is 9.84 Å². The third-order valence-corrected chi connectivity index (χ3v) is 3.03. The summed E-state index contributed by atoms with van der Waals surface area (Å²) in [5.41, 5.74) is 0. The second-order valence-corrected chi connectivity index (χ2v) is 5.98. The lowest BCUT2D eigenvalue weighted by molar-refractivity contribution is -0.149. The lowest BCUT2D eigenvalue weighted by Gasteiger charge is -2.17. The minimum absolute atomic E-state index is 0. The van der Waals surface area contributed by atoms with Crippen molar-refractivity contribution in [1.29, 1.82) is 0 Å². The largest absolute Gasteiger partial charge is 0.481 e. The predicted octanol–water partition coefficient (Wildman–Crippen LogP) is 2.78. The van der Waals surface area contributed by atoms with Gasteiger partial charge in [0.1, 0.15) is 5.78 Å². The molecule has 0 heterocycles. The fourth-order valence-corrected chi connectivity index (χ4v) is 1.99. The molecule has 1 N–H and O–H groups in total. The van der Waals surface area contributed by atoms with Crippen molar-refractivity contribution in [1.82, 2.24) is 0 Å². The highest BCUT2D eigenvalue weighted by Crippen LogP contribution is 2.19. The van der Waals surface area contributed by atoms with Crippen LogP contribution in [0.4, 0.5) is 0 Å². The zero-order valence-corrected chi connectivity index (χ0v) is 14.5. The van der Waals surface area contributed by atoms with Crippen LogP contribution in [0.25, 0.3) is 0 Å². The number of hydrogen-bond donors (Lipinski definition) is 1. The lowest BCUT2D eigenvalue weighted by Crippen LogP contribution is -2.24. The summed E-state index contributed by atoms with van der Waals surface area (Å²) in [5.74, 6) is -2.25. The fraction of sp³-hybridized carbons (Fsp3) is 0.800. The van der Waals surface area contributed by atoms with Gasteiger partial charge in [0, 0.05) is 19.3 Å². The van der Waals surface area contributed by atoms with Crippen LogP contribution in [0, 0.1) is 17.8 Å². The summed E-state index contributed by atoms with van der Waals surface area (Å²) in [5, 5.41) is 9.04. The topological polar surface area (TPSA) is 80.7 Å². The number of esters is 1. The fourth-order valence-electron chi connectivity index (χ4n) is 1.99. The molecule has 2 atom stereocenters.